The first-order chi connectivity index (χ1) is 15.0. The summed E-state index contributed by atoms with van der Waals surface area (Å²) in [5.41, 5.74) is 0. The van der Waals surface area contributed by atoms with Crippen LogP contribution in [0.15, 0.2) is 30.3 Å². The molecule has 0 spiro atoms. The van der Waals surface area contributed by atoms with E-state index in [1.807, 2.05) is 11.8 Å². The lowest BCUT2D eigenvalue weighted by molar-refractivity contribution is -0.133. The van der Waals surface area contributed by atoms with Crippen LogP contribution in [0.5, 0.6) is 5.75 Å². The number of hydrogen-bond acceptors (Lipinski definition) is 7. The molecule has 0 unspecified atom stereocenters. The van der Waals surface area contributed by atoms with Crippen LogP contribution in [-0.2, 0) is 4.79 Å². The second-order valence-corrected chi connectivity index (χ2v) is 8.47. The zero-order chi connectivity index (χ0) is 21.8. The summed E-state index contributed by atoms with van der Waals surface area (Å²) in [4.78, 5) is 30.6. The topological polar surface area (TPSA) is 65.0 Å². The van der Waals surface area contributed by atoms with E-state index >= 15 is 0 Å². The van der Waals surface area contributed by atoms with Crippen LogP contribution in [0.3, 0.4) is 0 Å². The molecule has 0 saturated carbocycles. The van der Waals surface area contributed by atoms with Gasteiger partial charge in [-0.05, 0) is 38.2 Å². The van der Waals surface area contributed by atoms with Crippen LogP contribution in [0.2, 0.25) is 5.02 Å². The fourth-order valence-electron chi connectivity index (χ4n) is 3.85. The van der Waals surface area contributed by atoms with Crippen LogP contribution in [0.1, 0.15) is 5.82 Å². The van der Waals surface area contributed by atoms with E-state index in [-0.39, 0.29) is 12.5 Å². The summed E-state index contributed by atoms with van der Waals surface area (Å²) in [5, 5.41) is 0.644. The van der Waals surface area contributed by atoms with Crippen molar-refractivity contribution in [2.24, 2.45) is 0 Å². The largest absolute Gasteiger partial charge is 0.484 e. The van der Waals surface area contributed by atoms with Crippen molar-refractivity contribution >= 4 is 29.1 Å². The van der Waals surface area contributed by atoms with Crippen molar-refractivity contribution in [3.8, 4) is 5.75 Å². The van der Waals surface area contributed by atoms with E-state index < -0.39 is 0 Å². The van der Waals surface area contributed by atoms with Gasteiger partial charge in [-0.3, -0.25) is 4.79 Å². The van der Waals surface area contributed by atoms with Gasteiger partial charge in [0.1, 0.15) is 23.2 Å². The number of carbonyl (C=O) groups excluding carboxylic acids is 1. The normalized spacial score (nSPS) is 17.7. The van der Waals surface area contributed by atoms with Gasteiger partial charge in [-0.2, -0.15) is 0 Å². The number of amides is 1. The average molecular weight is 445 g/mol. The van der Waals surface area contributed by atoms with Crippen LogP contribution in [0, 0.1) is 6.92 Å². The molecule has 1 amide bonds. The number of ether oxygens (including phenoxy) is 1. The second kappa shape index (κ2) is 9.70. The minimum Gasteiger partial charge on any atom is -0.484 e. The number of hydrogen-bond donors (Lipinski definition) is 0. The number of nitrogens with zero attached hydrogens (tertiary/aromatic N) is 6. The maximum absolute atomic E-state index is 12.5. The number of anilines is 2. The molecule has 1 aromatic heterocycles. The molecule has 2 aliphatic rings. The first-order valence-electron chi connectivity index (χ1n) is 10.7. The summed E-state index contributed by atoms with van der Waals surface area (Å²) in [5.74, 6) is 3.34. The fraction of sp³-hybridized carbons (Fsp3) is 0.500. The molecule has 0 bridgehead atoms. The molecule has 1 aromatic carbocycles. The highest BCUT2D eigenvalue weighted by Gasteiger charge is 2.24. The van der Waals surface area contributed by atoms with Crippen LogP contribution in [0.25, 0.3) is 0 Å². The van der Waals surface area contributed by atoms with Crippen LogP contribution >= 0.6 is 11.6 Å². The Balaban J connectivity index is 1.32. The van der Waals surface area contributed by atoms with Gasteiger partial charge in [0.25, 0.3) is 5.91 Å². The molecule has 31 heavy (non-hydrogen) atoms. The van der Waals surface area contributed by atoms with E-state index in [0.29, 0.717) is 23.9 Å². The van der Waals surface area contributed by atoms with Gasteiger partial charge in [-0.1, -0.05) is 11.6 Å². The van der Waals surface area contributed by atoms with Gasteiger partial charge in [-0.15, -0.1) is 0 Å². The molecule has 3 heterocycles. The molecule has 0 N–H and O–H groups in total. The second-order valence-electron chi connectivity index (χ2n) is 8.03. The predicted molar refractivity (Wildman–Crippen MR) is 122 cm³/mol. The summed E-state index contributed by atoms with van der Waals surface area (Å²) in [7, 11) is 2.15. The van der Waals surface area contributed by atoms with Crippen LogP contribution in [0.4, 0.5) is 11.6 Å². The van der Waals surface area contributed by atoms with Gasteiger partial charge < -0.3 is 24.3 Å². The third-order valence-corrected chi connectivity index (χ3v) is 6.02. The minimum atomic E-state index is -0.00778. The number of aromatic nitrogens is 2. The predicted octanol–water partition coefficient (Wildman–Crippen LogP) is 1.92. The highest BCUT2D eigenvalue weighted by Crippen LogP contribution is 2.22. The highest BCUT2D eigenvalue weighted by atomic mass is 35.5. The molecule has 0 atom stereocenters. The molecule has 9 heteroatoms. The minimum absolute atomic E-state index is 0.00778. The van der Waals surface area contributed by atoms with E-state index in [1.165, 1.54) is 0 Å². The lowest BCUT2D eigenvalue weighted by Crippen LogP contribution is -2.50. The summed E-state index contributed by atoms with van der Waals surface area (Å²) in [6.07, 6.45) is 0. The third kappa shape index (κ3) is 5.57. The van der Waals surface area contributed by atoms with Gasteiger partial charge in [0, 0.05) is 63.4 Å². The Morgan fingerprint density at radius 3 is 2.06 bits per heavy atom. The van der Waals surface area contributed by atoms with Gasteiger partial charge in [-0.25, -0.2) is 9.97 Å². The van der Waals surface area contributed by atoms with Crippen molar-refractivity contribution in [3.63, 3.8) is 0 Å². The summed E-state index contributed by atoms with van der Waals surface area (Å²) < 4.78 is 5.60. The molecule has 2 aromatic rings. The quantitative estimate of drug-likeness (QED) is 0.698. The first-order valence-corrected chi connectivity index (χ1v) is 11.1. The summed E-state index contributed by atoms with van der Waals surface area (Å²) in [6, 6.07) is 9.12. The lowest BCUT2D eigenvalue weighted by atomic mass is 10.3. The zero-order valence-corrected chi connectivity index (χ0v) is 18.9. The maximum Gasteiger partial charge on any atom is 0.260 e. The first kappa shape index (κ1) is 21.6. The van der Waals surface area contributed by atoms with Gasteiger partial charge in [0.2, 0.25) is 0 Å². The molecule has 4 rings (SSSR count). The number of aryl methyl sites for hydroxylation is 1. The van der Waals surface area contributed by atoms with E-state index in [9.17, 15) is 4.79 Å². The van der Waals surface area contributed by atoms with Gasteiger partial charge in [0.15, 0.2) is 6.61 Å². The molecule has 2 fully saturated rings. The average Bonchev–Trinajstić information content (AvgIpc) is 2.78. The molecular formula is C22H29ClN6O2. The molecule has 0 radical (unpaired) electrons. The number of halogens is 1. The SMILES string of the molecule is Cc1nc(N2CCN(C)CC2)cc(N2CCN(C(=O)COc3ccc(Cl)cc3)CC2)n1. The molecule has 2 aliphatic heterocycles. The molecule has 166 valence electrons. The standard InChI is InChI=1S/C22H29ClN6O2/c1-17-24-20(27-9-7-26(2)8-10-27)15-21(25-17)28-11-13-29(14-12-28)22(30)16-31-19-5-3-18(23)4-6-19/h3-6,15H,7-14,16H2,1-2H3. The number of piperazine rings is 2. The Hall–Kier alpha value is -2.58. The molecule has 8 nitrogen and oxygen atoms in total. The van der Waals surface area contributed by atoms with E-state index in [4.69, 9.17) is 16.3 Å². The van der Waals surface area contributed by atoms with Gasteiger partial charge in [0.05, 0.1) is 0 Å². The van der Waals surface area contributed by atoms with Gasteiger partial charge >= 0.3 is 0 Å². The van der Waals surface area contributed by atoms with E-state index in [1.54, 1.807) is 24.3 Å². The van der Waals surface area contributed by atoms with Crippen molar-refractivity contribution in [2.45, 2.75) is 6.92 Å². The van der Waals surface area contributed by atoms with Crippen LogP contribution < -0.4 is 14.5 Å². The molecule has 0 aliphatic carbocycles. The molecule has 2 saturated heterocycles. The van der Waals surface area contributed by atoms with Crippen molar-refractivity contribution in [2.75, 3.05) is 75.8 Å². The molecular weight excluding hydrogens is 416 g/mol. The Labute approximate surface area is 188 Å². The monoisotopic (exact) mass is 444 g/mol. The van der Waals surface area contributed by atoms with Crippen molar-refractivity contribution in [3.05, 3.63) is 41.2 Å². The smallest absolute Gasteiger partial charge is 0.260 e. The zero-order valence-electron chi connectivity index (χ0n) is 18.1. The van der Waals surface area contributed by atoms with Crippen molar-refractivity contribution in [1.82, 2.24) is 19.8 Å². The highest BCUT2D eigenvalue weighted by molar-refractivity contribution is 6.30. The van der Waals surface area contributed by atoms with Crippen molar-refractivity contribution < 1.29 is 9.53 Å². The maximum atomic E-state index is 12.5. The van der Waals surface area contributed by atoms with Crippen LogP contribution in [-0.4, -0.2) is 91.7 Å². The Bertz CT molecular complexity index is 893. The third-order valence-electron chi connectivity index (χ3n) is 5.77. The number of likely N-dealkylation sites (N-methyl/N-ethyl adjacent to an activating group) is 1. The van der Waals surface area contributed by atoms with E-state index in [0.717, 1.165) is 56.7 Å². The number of carbonyl (C=O) groups is 1. The number of benzene rings is 1. The fourth-order valence-corrected chi connectivity index (χ4v) is 3.97. The summed E-state index contributed by atoms with van der Waals surface area (Å²) >= 11 is 5.88. The number of rotatable bonds is 5. The van der Waals surface area contributed by atoms with Crippen molar-refractivity contribution in [1.29, 1.82) is 0 Å². The Morgan fingerprint density at radius 2 is 1.48 bits per heavy atom. The summed E-state index contributed by atoms with van der Waals surface area (Å²) in [6.45, 7) is 8.78. The Kier molecular flexibility index (Phi) is 6.77. The Morgan fingerprint density at radius 1 is 0.935 bits per heavy atom. The lowest BCUT2D eigenvalue weighted by Gasteiger charge is -2.36. The van der Waals surface area contributed by atoms with E-state index in [2.05, 4.69) is 37.8 Å².